The lowest BCUT2D eigenvalue weighted by molar-refractivity contribution is 0.0762. The van der Waals surface area contributed by atoms with E-state index in [1.807, 2.05) is 49.2 Å². The Labute approximate surface area is 167 Å². The lowest BCUT2D eigenvalue weighted by Gasteiger charge is -2.22. The molecule has 7 heteroatoms. The van der Waals surface area contributed by atoms with Gasteiger partial charge < -0.3 is 9.80 Å². The van der Waals surface area contributed by atoms with Gasteiger partial charge in [0.05, 0.1) is 4.90 Å². The van der Waals surface area contributed by atoms with E-state index in [0.29, 0.717) is 18.7 Å². The van der Waals surface area contributed by atoms with E-state index in [9.17, 15) is 13.2 Å². The highest BCUT2D eigenvalue weighted by Gasteiger charge is 2.23. The summed E-state index contributed by atoms with van der Waals surface area (Å²) in [6.45, 7) is 5.16. The molecule has 0 spiro atoms. The smallest absolute Gasteiger partial charge is 0.254 e. The summed E-state index contributed by atoms with van der Waals surface area (Å²) < 4.78 is 28.1. The Morgan fingerprint density at radius 1 is 1.04 bits per heavy atom. The molecule has 6 nitrogen and oxygen atoms in total. The molecule has 0 bridgehead atoms. The van der Waals surface area contributed by atoms with Crippen LogP contribution in [0, 0.1) is 6.92 Å². The number of nitrogens with one attached hydrogen (secondary N) is 1. The monoisotopic (exact) mass is 401 g/mol. The molecule has 150 valence electrons. The van der Waals surface area contributed by atoms with E-state index in [0.717, 1.165) is 30.6 Å². The molecule has 28 heavy (non-hydrogen) atoms. The lowest BCUT2D eigenvalue weighted by atomic mass is 10.1. The molecule has 3 rings (SSSR count). The van der Waals surface area contributed by atoms with Gasteiger partial charge in [0, 0.05) is 31.7 Å². The quantitative estimate of drug-likeness (QED) is 0.834. The maximum absolute atomic E-state index is 13.0. The maximum Gasteiger partial charge on any atom is 0.254 e. The minimum Gasteiger partial charge on any atom is -0.337 e. The van der Waals surface area contributed by atoms with Crippen molar-refractivity contribution in [1.82, 2.24) is 14.5 Å². The summed E-state index contributed by atoms with van der Waals surface area (Å²) in [5.41, 5.74) is 2.11. The normalized spacial score (nSPS) is 16.0. The number of likely N-dealkylation sites (N-methyl/N-ethyl adjacent to an activating group) is 1. The number of carbonyl (C=O) groups is 1. The molecule has 1 amide bonds. The van der Waals surface area contributed by atoms with Gasteiger partial charge in [-0.05, 0) is 50.2 Å². The summed E-state index contributed by atoms with van der Waals surface area (Å²) in [4.78, 5) is 17.2. The van der Waals surface area contributed by atoms with Gasteiger partial charge in [0.15, 0.2) is 0 Å². The van der Waals surface area contributed by atoms with Gasteiger partial charge in [0.25, 0.3) is 5.91 Å². The molecule has 0 aliphatic carbocycles. The number of amides is 1. The fraction of sp³-hybridized carbons (Fsp3) is 0.381. The number of hydrogen-bond acceptors (Lipinski definition) is 4. The van der Waals surface area contributed by atoms with Gasteiger partial charge in [-0.3, -0.25) is 4.79 Å². The highest BCUT2D eigenvalue weighted by atomic mass is 32.2. The topological polar surface area (TPSA) is 69.7 Å². The van der Waals surface area contributed by atoms with Crippen LogP contribution >= 0.6 is 0 Å². The molecule has 2 aromatic carbocycles. The van der Waals surface area contributed by atoms with Gasteiger partial charge in [-0.15, -0.1) is 0 Å². The zero-order chi connectivity index (χ0) is 20.1. The van der Waals surface area contributed by atoms with Crippen molar-refractivity contribution in [1.29, 1.82) is 0 Å². The van der Waals surface area contributed by atoms with Crippen LogP contribution in [0.3, 0.4) is 0 Å². The molecule has 1 aliphatic rings. The van der Waals surface area contributed by atoms with Crippen LogP contribution in [0.1, 0.15) is 27.9 Å². The first-order valence-electron chi connectivity index (χ1n) is 9.49. The lowest BCUT2D eigenvalue weighted by Crippen LogP contribution is -2.35. The predicted molar refractivity (Wildman–Crippen MR) is 110 cm³/mol. The third-order valence-corrected chi connectivity index (χ3v) is 6.46. The molecule has 1 heterocycles. The standard InChI is InChI=1S/C21H27N3O3S/c1-17-9-10-19(28(26,27)22-16-18-7-4-3-5-8-18)15-20(17)21(25)24-12-6-11-23(2)13-14-24/h3-5,7-10,15,22H,6,11-14,16H2,1-2H3. The van der Waals surface area contributed by atoms with Gasteiger partial charge in [-0.25, -0.2) is 13.1 Å². The first-order valence-corrected chi connectivity index (χ1v) is 11.0. The van der Waals surface area contributed by atoms with Gasteiger partial charge in [-0.1, -0.05) is 36.4 Å². The van der Waals surface area contributed by atoms with E-state index >= 15 is 0 Å². The number of hydrogen-bond donors (Lipinski definition) is 1. The van der Waals surface area contributed by atoms with Gasteiger partial charge in [-0.2, -0.15) is 0 Å². The summed E-state index contributed by atoms with van der Waals surface area (Å²) in [5, 5.41) is 0. The average Bonchev–Trinajstić information content (AvgIpc) is 2.91. The average molecular weight is 402 g/mol. The first kappa shape index (κ1) is 20.5. The van der Waals surface area contributed by atoms with Crippen molar-refractivity contribution in [3.63, 3.8) is 0 Å². The van der Waals surface area contributed by atoms with Crippen molar-refractivity contribution in [3.8, 4) is 0 Å². The molecule has 2 aromatic rings. The molecule has 1 aliphatic heterocycles. The van der Waals surface area contributed by atoms with Crippen molar-refractivity contribution >= 4 is 15.9 Å². The molecule has 1 saturated heterocycles. The Morgan fingerprint density at radius 3 is 2.54 bits per heavy atom. The third-order valence-electron chi connectivity index (χ3n) is 5.07. The Morgan fingerprint density at radius 2 is 1.79 bits per heavy atom. The number of aryl methyl sites for hydroxylation is 1. The van der Waals surface area contributed by atoms with Gasteiger partial charge in [0.1, 0.15) is 0 Å². The number of rotatable bonds is 5. The molecule has 0 unspecified atom stereocenters. The van der Waals surface area contributed by atoms with Crippen LogP contribution in [0.2, 0.25) is 0 Å². The van der Waals surface area contributed by atoms with E-state index in [1.54, 1.807) is 12.1 Å². The minimum absolute atomic E-state index is 0.104. The summed E-state index contributed by atoms with van der Waals surface area (Å²) in [5.74, 6) is -0.104. The second kappa shape index (κ2) is 8.86. The number of sulfonamides is 1. The molecule has 1 N–H and O–H groups in total. The summed E-state index contributed by atoms with van der Waals surface area (Å²) in [6, 6.07) is 14.1. The Kier molecular flexibility index (Phi) is 6.49. The molecule has 0 atom stereocenters. The fourth-order valence-corrected chi connectivity index (χ4v) is 4.32. The SMILES string of the molecule is Cc1ccc(S(=O)(=O)NCc2ccccc2)cc1C(=O)N1CCCN(C)CC1. The van der Waals surface area contributed by atoms with E-state index < -0.39 is 10.0 Å². The molecule has 0 radical (unpaired) electrons. The molecule has 0 aromatic heterocycles. The molecule has 1 fully saturated rings. The van der Waals surface area contributed by atoms with Crippen molar-refractivity contribution in [2.45, 2.75) is 24.8 Å². The highest BCUT2D eigenvalue weighted by molar-refractivity contribution is 7.89. The fourth-order valence-electron chi connectivity index (χ4n) is 3.28. The van der Waals surface area contributed by atoms with Crippen molar-refractivity contribution in [2.24, 2.45) is 0 Å². The maximum atomic E-state index is 13.0. The van der Waals surface area contributed by atoms with Crippen LogP contribution in [-0.4, -0.2) is 57.4 Å². The highest BCUT2D eigenvalue weighted by Crippen LogP contribution is 2.19. The molecular formula is C21H27N3O3S. The van der Waals surface area contributed by atoms with Gasteiger partial charge in [0.2, 0.25) is 10.0 Å². The zero-order valence-electron chi connectivity index (χ0n) is 16.4. The minimum atomic E-state index is -3.71. The second-order valence-corrected chi connectivity index (χ2v) is 9.00. The largest absolute Gasteiger partial charge is 0.337 e. The predicted octanol–water partition coefficient (Wildman–Crippen LogP) is 2.25. The van der Waals surface area contributed by atoms with Crippen LogP contribution in [0.5, 0.6) is 0 Å². The Bertz CT molecular complexity index is 929. The number of nitrogens with zero attached hydrogens (tertiary/aromatic N) is 2. The van der Waals surface area contributed by atoms with E-state index in [4.69, 9.17) is 0 Å². The molecular weight excluding hydrogens is 374 g/mol. The van der Waals surface area contributed by atoms with Crippen LogP contribution in [0.4, 0.5) is 0 Å². The van der Waals surface area contributed by atoms with Gasteiger partial charge >= 0.3 is 0 Å². The third kappa shape index (κ3) is 4.98. The number of carbonyl (C=O) groups excluding carboxylic acids is 1. The van der Waals surface area contributed by atoms with Crippen LogP contribution in [0.25, 0.3) is 0 Å². The molecule has 0 saturated carbocycles. The summed E-state index contributed by atoms with van der Waals surface area (Å²) >= 11 is 0. The first-order chi connectivity index (χ1) is 13.4. The van der Waals surface area contributed by atoms with E-state index in [-0.39, 0.29) is 17.3 Å². The Balaban J connectivity index is 1.79. The van der Waals surface area contributed by atoms with Crippen LogP contribution in [0.15, 0.2) is 53.4 Å². The Hall–Kier alpha value is -2.22. The van der Waals surface area contributed by atoms with Crippen molar-refractivity contribution in [3.05, 3.63) is 65.2 Å². The van der Waals surface area contributed by atoms with Crippen molar-refractivity contribution in [2.75, 3.05) is 33.2 Å². The second-order valence-electron chi connectivity index (χ2n) is 7.24. The van der Waals surface area contributed by atoms with Crippen molar-refractivity contribution < 1.29 is 13.2 Å². The number of benzene rings is 2. The zero-order valence-corrected chi connectivity index (χ0v) is 17.2. The summed E-state index contributed by atoms with van der Waals surface area (Å²) in [6.07, 6.45) is 0.915. The summed E-state index contributed by atoms with van der Waals surface area (Å²) in [7, 11) is -1.66. The van der Waals surface area contributed by atoms with E-state index in [2.05, 4.69) is 9.62 Å². The van der Waals surface area contributed by atoms with Crippen LogP contribution < -0.4 is 4.72 Å². The van der Waals surface area contributed by atoms with Crippen LogP contribution in [-0.2, 0) is 16.6 Å². The van der Waals surface area contributed by atoms with E-state index in [1.165, 1.54) is 6.07 Å².